The molecule has 92 valence electrons. The Hall–Kier alpha value is -1.58. The molecular weight excluding hydrogens is 216 g/mol. The van der Waals surface area contributed by atoms with Crippen LogP contribution in [-0.4, -0.2) is 22.3 Å². The number of ketones is 1. The molecule has 0 bridgehead atoms. The summed E-state index contributed by atoms with van der Waals surface area (Å²) in [6.07, 6.45) is 7.27. The number of nitrogens with zero attached hydrogens (tertiary/aromatic N) is 1. The molecule has 2 rings (SSSR count). The maximum absolute atomic E-state index is 11.9. The molecule has 1 aromatic rings. The second-order valence-electron chi connectivity index (χ2n) is 4.64. The van der Waals surface area contributed by atoms with E-state index in [9.17, 15) is 9.59 Å². The van der Waals surface area contributed by atoms with E-state index in [0.29, 0.717) is 5.69 Å². The van der Waals surface area contributed by atoms with Gasteiger partial charge in [0, 0.05) is 19.3 Å². The zero-order valence-electron chi connectivity index (χ0n) is 10.1. The number of Topliss-reactive ketones (excluding diaryl/α,β-unsaturated/α-hetero) is 1. The molecule has 0 atom stereocenters. The normalized spacial score (nSPS) is 16.8. The van der Waals surface area contributed by atoms with Gasteiger partial charge in [-0.15, -0.1) is 0 Å². The Kier molecular flexibility index (Phi) is 3.61. The van der Waals surface area contributed by atoms with Crippen molar-refractivity contribution < 1.29 is 9.59 Å². The summed E-state index contributed by atoms with van der Waals surface area (Å²) in [7, 11) is 1.77. The third kappa shape index (κ3) is 2.75. The van der Waals surface area contributed by atoms with Crippen LogP contribution in [0.4, 0.5) is 0 Å². The van der Waals surface area contributed by atoms with Crippen molar-refractivity contribution in [3.05, 3.63) is 24.0 Å². The number of aryl methyl sites for hydroxylation is 1. The summed E-state index contributed by atoms with van der Waals surface area (Å²) in [6, 6.07) is 3.62. The molecule has 4 nitrogen and oxygen atoms in total. The smallest absolute Gasteiger partial charge is 0.294 e. The number of hydrogen-bond donors (Lipinski definition) is 1. The molecule has 0 aromatic carbocycles. The highest BCUT2D eigenvalue weighted by molar-refractivity contribution is 6.42. The molecule has 0 spiro atoms. The minimum Gasteiger partial charge on any atom is -0.348 e. The van der Waals surface area contributed by atoms with Gasteiger partial charge < -0.3 is 9.88 Å². The number of nitrogens with one attached hydrogen (secondary N) is 1. The average Bonchev–Trinajstić information content (AvgIpc) is 2.76. The van der Waals surface area contributed by atoms with Crippen molar-refractivity contribution in [1.82, 2.24) is 9.88 Å². The number of carbonyl (C=O) groups excluding carboxylic acids is 2. The van der Waals surface area contributed by atoms with Crippen LogP contribution in [0, 0.1) is 0 Å². The van der Waals surface area contributed by atoms with Gasteiger partial charge in [-0.1, -0.05) is 19.3 Å². The fraction of sp³-hybridized carbons (Fsp3) is 0.538. The zero-order valence-corrected chi connectivity index (χ0v) is 10.1. The third-order valence-electron chi connectivity index (χ3n) is 3.32. The number of aromatic nitrogens is 1. The van der Waals surface area contributed by atoms with Crippen LogP contribution in [0.5, 0.6) is 0 Å². The van der Waals surface area contributed by atoms with Crippen molar-refractivity contribution in [2.75, 3.05) is 0 Å². The first-order valence-corrected chi connectivity index (χ1v) is 6.15. The molecule has 1 saturated carbocycles. The van der Waals surface area contributed by atoms with Gasteiger partial charge in [0.05, 0.1) is 5.69 Å². The molecule has 1 heterocycles. The van der Waals surface area contributed by atoms with Gasteiger partial charge in [-0.05, 0) is 25.0 Å². The van der Waals surface area contributed by atoms with Gasteiger partial charge in [0.1, 0.15) is 0 Å². The summed E-state index contributed by atoms with van der Waals surface area (Å²) >= 11 is 0. The number of rotatable bonds is 3. The summed E-state index contributed by atoms with van der Waals surface area (Å²) in [4.78, 5) is 23.7. The molecule has 1 N–H and O–H groups in total. The first-order chi connectivity index (χ1) is 8.18. The van der Waals surface area contributed by atoms with E-state index in [1.54, 1.807) is 29.9 Å². The Morgan fingerprint density at radius 1 is 1.29 bits per heavy atom. The molecular formula is C13H18N2O2. The van der Waals surface area contributed by atoms with Gasteiger partial charge >= 0.3 is 0 Å². The molecule has 1 amide bonds. The maximum atomic E-state index is 11.9. The molecule has 0 aliphatic heterocycles. The molecule has 1 aliphatic carbocycles. The van der Waals surface area contributed by atoms with Gasteiger partial charge in [0.15, 0.2) is 0 Å². The molecule has 0 saturated heterocycles. The molecule has 0 unspecified atom stereocenters. The Bertz CT molecular complexity index is 417. The monoisotopic (exact) mass is 234 g/mol. The zero-order chi connectivity index (χ0) is 12.3. The lowest BCUT2D eigenvalue weighted by Gasteiger charge is -2.22. The van der Waals surface area contributed by atoms with E-state index in [0.717, 1.165) is 25.7 Å². The Balaban J connectivity index is 1.96. The fourth-order valence-corrected chi connectivity index (χ4v) is 2.31. The first kappa shape index (κ1) is 11.9. The molecule has 1 fully saturated rings. The van der Waals surface area contributed by atoms with E-state index in [1.165, 1.54) is 6.42 Å². The third-order valence-corrected chi connectivity index (χ3v) is 3.32. The fourth-order valence-electron chi connectivity index (χ4n) is 2.31. The second kappa shape index (κ2) is 5.17. The summed E-state index contributed by atoms with van der Waals surface area (Å²) < 4.78 is 1.67. The van der Waals surface area contributed by atoms with E-state index in [-0.39, 0.29) is 6.04 Å². The minimum absolute atomic E-state index is 0.181. The number of hydrogen-bond acceptors (Lipinski definition) is 2. The summed E-state index contributed by atoms with van der Waals surface area (Å²) in [5.41, 5.74) is 0.443. The Morgan fingerprint density at radius 2 is 2.00 bits per heavy atom. The predicted molar refractivity (Wildman–Crippen MR) is 64.8 cm³/mol. The highest BCUT2D eigenvalue weighted by atomic mass is 16.2. The quantitative estimate of drug-likeness (QED) is 0.638. The van der Waals surface area contributed by atoms with Crippen LogP contribution in [0.3, 0.4) is 0 Å². The van der Waals surface area contributed by atoms with Crippen LogP contribution >= 0.6 is 0 Å². The standard InChI is InChI=1S/C13H18N2O2/c1-15-9-5-8-11(15)12(16)13(17)14-10-6-3-2-4-7-10/h5,8-10H,2-4,6-7H2,1H3,(H,14,17). The summed E-state index contributed by atoms with van der Waals surface area (Å²) in [5, 5.41) is 2.83. The van der Waals surface area contributed by atoms with E-state index in [2.05, 4.69) is 5.32 Å². The van der Waals surface area contributed by atoms with Crippen LogP contribution in [0.1, 0.15) is 42.6 Å². The molecule has 4 heteroatoms. The van der Waals surface area contributed by atoms with Crippen LogP contribution < -0.4 is 5.32 Å². The van der Waals surface area contributed by atoms with Gasteiger partial charge in [-0.25, -0.2) is 0 Å². The van der Waals surface area contributed by atoms with Crippen molar-refractivity contribution >= 4 is 11.7 Å². The highest BCUT2D eigenvalue weighted by Crippen LogP contribution is 2.17. The van der Waals surface area contributed by atoms with E-state index >= 15 is 0 Å². The van der Waals surface area contributed by atoms with E-state index in [1.807, 2.05) is 0 Å². The maximum Gasteiger partial charge on any atom is 0.294 e. The molecule has 17 heavy (non-hydrogen) atoms. The van der Waals surface area contributed by atoms with Crippen molar-refractivity contribution in [3.63, 3.8) is 0 Å². The summed E-state index contributed by atoms with van der Waals surface area (Å²) in [5.74, 6) is -0.915. The second-order valence-corrected chi connectivity index (χ2v) is 4.64. The van der Waals surface area contributed by atoms with Crippen molar-refractivity contribution in [2.24, 2.45) is 7.05 Å². The predicted octanol–water partition coefficient (Wildman–Crippen LogP) is 1.66. The van der Waals surface area contributed by atoms with Gasteiger partial charge in [0.2, 0.25) is 0 Å². The first-order valence-electron chi connectivity index (χ1n) is 6.15. The topological polar surface area (TPSA) is 51.1 Å². The van der Waals surface area contributed by atoms with Gasteiger partial charge in [-0.2, -0.15) is 0 Å². The van der Waals surface area contributed by atoms with Crippen molar-refractivity contribution in [2.45, 2.75) is 38.1 Å². The average molecular weight is 234 g/mol. The van der Waals surface area contributed by atoms with Gasteiger partial charge in [0.25, 0.3) is 11.7 Å². The SMILES string of the molecule is Cn1cccc1C(=O)C(=O)NC1CCCCC1. The van der Waals surface area contributed by atoms with Crippen LogP contribution in [0.15, 0.2) is 18.3 Å². The van der Waals surface area contributed by atoms with Crippen LogP contribution in [0.25, 0.3) is 0 Å². The lowest BCUT2D eigenvalue weighted by atomic mass is 9.95. The van der Waals surface area contributed by atoms with Crippen molar-refractivity contribution in [1.29, 1.82) is 0 Å². The lowest BCUT2D eigenvalue weighted by Crippen LogP contribution is -2.40. The van der Waals surface area contributed by atoms with E-state index < -0.39 is 11.7 Å². The largest absolute Gasteiger partial charge is 0.348 e. The van der Waals surface area contributed by atoms with E-state index in [4.69, 9.17) is 0 Å². The minimum atomic E-state index is -0.473. The number of carbonyl (C=O) groups is 2. The number of amides is 1. The Labute approximate surface area is 101 Å². The molecule has 1 aromatic heterocycles. The summed E-state index contributed by atoms with van der Waals surface area (Å²) in [6.45, 7) is 0. The molecule has 1 aliphatic rings. The van der Waals surface area contributed by atoms with Crippen molar-refractivity contribution in [3.8, 4) is 0 Å². The highest BCUT2D eigenvalue weighted by Gasteiger charge is 2.22. The lowest BCUT2D eigenvalue weighted by molar-refractivity contribution is -0.117. The molecule has 0 radical (unpaired) electrons. The van der Waals surface area contributed by atoms with Crippen LogP contribution in [-0.2, 0) is 11.8 Å². The Morgan fingerprint density at radius 3 is 2.59 bits per heavy atom. The van der Waals surface area contributed by atoms with Gasteiger partial charge in [-0.3, -0.25) is 9.59 Å². The van der Waals surface area contributed by atoms with Crippen LogP contribution in [0.2, 0.25) is 0 Å².